The Morgan fingerprint density at radius 3 is 1.44 bits per heavy atom. The molecule has 4 aliphatic rings. The van der Waals surface area contributed by atoms with E-state index in [9.17, 15) is 43.9 Å². The molecule has 25 nitrogen and oxygen atoms in total. The number of cyclic esters (lactones) is 1. The third-order valence-corrected chi connectivity index (χ3v) is 13.5. The summed E-state index contributed by atoms with van der Waals surface area (Å²) in [5.41, 5.74) is 10.1. The Kier molecular flexibility index (Phi) is 19.1. The Bertz CT molecular complexity index is 3210. The second-order valence-corrected chi connectivity index (χ2v) is 19.6. The summed E-state index contributed by atoms with van der Waals surface area (Å²) in [5, 5.41) is 3.91. The number of carbonyl (C=O) groups is 8. The predicted octanol–water partition coefficient (Wildman–Crippen LogP) is 5.83. The first-order valence-corrected chi connectivity index (χ1v) is 26.2. The second-order valence-electron chi connectivity index (χ2n) is 19.6. The molecular weight excluding hydrogens is 1100 g/mol. The number of esters is 8. The quantitative estimate of drug-likeness (QED) is 0.0309. The van der Waals surface area contributed by atoms with Gasteiger partial charge in [0.25, 0.3) is 0 Å². The number of ether oxygens (including phenoxy) is 14. The van der Waals surface area contributed by atoms with Crippen molar-refractivity contribution >= 4 is 47.8 Å². The van der Waals surface area contributed by atoms with E-state index in [1.54, 1.807) is 68.4 Å². The number of hydrogen-bond acceptors (Lipinski definition) is 23. The number of methoxy groups -OCH3 is 1. The highest BCUT2D eigenvalue weighted by Crippen LogP contribution is 2.40. The van der Waals surface area contributed by atoms with Crippen LogP contribution in [0.25, 0.3) is 10.4 Å². The van der Waals surface area contributed by atoms with Crippen molar-refractivity contribution in [3.8, 4) is 0 Å². The van der Waals surface area contributed by atoms with Crippen molar-refractivity contribution < 1.29 is 105 Å². The zero-order chi connectivity index (χ0) is 59.5. The monoisotopic (exact) mass is 1160 g/mol. The van der Waals surface area contributed by atoms with Gasteiger partial charge in [0.2, 0.25) is 6.29 Å². The van der Waals surface area contributed by atoms with Crippen LogP contribution in [-0.4, -0.2) is 160 Å². The van der Waals surface area contributed by atoms with Crippen molar-refractivity contribution in [3.63, 3.8) is 0 Å². The molecule has 0 bridgehead atoms. The van der Waals surface area contributed by atoms with E-state index in [-0.39, 0.29) is 34.4 Å². The van der Waals surface area contributed by atoms with E-state index in [1.165, 1.54) is 97.1 Å². The highest BCUT2D eigenvalue weighted by Gasteiger charge is 2.62. The molecule has 4 aliphatic heterocycles. The first-order chi connectivity index (χ1) is 40.5. The largest absolute Gasteiger partial charge is 0.467 e. The lowest BCUT2D eigenvalue weighted by atomic mass is 9.94. The Morgan fingerprint density at radius 2 is 1.01 bits per heavy atom. The molecule has 0 unspecified atom stereocenters. The summed E-state index contributed by atoms with van der Waals surface area (Å²) in [6.07, 6.45) is -24.6. The van der Waals surface area contributed by atoms with Gasteiger partial charge in [-0.15, -0.1) is 0 Å². The summed E-state index contributed by atoms with van der Waals surface area (Å²) >= 11 is 0. The summed E-state index contributed by atoms with van der Waals surface area (Å²) in [6.45, 7) is 3.37. The SMILES string of the molecule is COC(=O)[C@H]1O[C@H](O[C@H]2C(=O)O[C@@H]([C@H]3COC(C)(C)O3)[C@@H]2OC(=O)c2ccccc2)[C@H](OC(=O)c2ccccc2)[C@@H](OC(=O)c2ccccc2)[C@@H]1O[C@H]1O[C@H](COC(C)=O)[C@@H](OC(=O)c2ccccc2)[C@H](OC(=O)c2ccccc2)[C@H]1N=[N+]=[N-]. The lowest BCUT2D eigenvalue weighted by molar-refractivity contribution is -0.342. The van der Waals surface area contributed by atoms with Gasteiger partial charge in [-0.1, -0.05) is 96.1 Å². The van der Waals surface area contributed by atoms with E-state index in [4.69, 9.17) is 66.3 Å². The summed E-state index contributed by atoms with van der Waals surface area (Å²) < 4.78 is 84.7. The summed E-state index contributed by atoms with van der Waals surface area (Å²) in [7, 11) is 0.952. The van der Waals surface area contributed by atoms with Gasteiger partial charge in [-0.05, 0) is 80.0 Å². The molecule has 5 aromatic rings. The summed E-state index contributed by atoms with van der Waals surface area (Å²) in [6, 6.07) is 35.6. The normalized spacial score (nSPS) is 27.7. The van der Waals surface area contributed by atoms with Crippen molar-refractivity contribution in [1.29, 1.82) is 0 Å². The fourth-order valence-corrected chi connectivity index (χ4v) is 9.56. The van der Waals surface area contributed by atoms with Crippen LogP contribution in [0.4, 0.5) is 0 Å². The molecule has 4 fully saturated rings. The smallest absolute Gasteiger partial charge is 0.339 e. The van der Waals surface area contributed by atoms with E-state index in [0.717, 1.165) is 14.0 Å². The van der Waals surface area contributed by atoms with E-state index >= 15 is 0 Å². The first-order valence-electron chi connectivity index (χ1n) is 26.2. The van der Waals surface area contributed by atoms with E-state index in [1.807, 2.05) is 0 Å². The minimum absolute atomic E-state index is 0.0127. The van der Waals surface area contributed by atoms with Crippen molar-refractivity contribution in [3.05, 3.63) is 190 Å². The van der Waals surface area contributed by atoms with Gasteiger partial charge in [0.1, 0.15) is 31.0 Å². The van der Waals surface area contributed by atoms with Gasteiger partial charge in [-0.3, -0.25) is 4.79 Å². The van der Waals surface area contributed by atoms with E-state index in [2.05, 4.69) is 10.0 Å². The maximum atomic E-state index is 14.6. The maximum absolute atomic E-state index is 14.6. The lowest BCUT2D eigenvalue weighted by Gasteiger charge is -2.48. The Hall–Kier alpha value is -9.07. The summed E-state index contributed by atoms with van der Waals surface area (Å²) in [4.78, 5) is 115. The number of carbonyl (C=O) groups excluding carboxylic acids is 8. The average molecular weight is 1160 g/mol. The third-order valence-electron chi connectivity index (χ3n) is 13.5. The van der Waals surface area contributed by atoms with Gasteiger partial charge in [-0.2, -0.15) is 0 Å². The molecule has 5 aromatic carbocycles. The van der Waals surface area contributed by atoms with Crippen LogP contribution in [0.1, 0.15) is 72.6 Å². The van der Waals surface area contributed by atoms with Gasteiger partial charge in [0, 0.05) is 11.8 Å². The molecule has 0 spiro atoms. The Labute approximate surface area is 478 Å². The molecule has 0 amide bonds. The molecule has 84 heavy (non-hydrogen) atoms. The molecule has 25 heteroatoms. The van der Waals surface area contributed by atoms with Crippen LogP contribution in [-0.2, 0) is 80.7 Å². The fraction of sp³-hybridized carbons (Fsp3) is 0.356. The van der Waals surface area contributed by atoms with Crippen LogP contribution in [0, 0.1) is 0 Å². The molecule has 4 saturated heterocycles. The molecule has 0 saturated carbocycles. The van der Waals surface area contributed by atoms with Gasteiger partial charge in [0.05, 0.1) is 41.5 Å². The van der Waals surface area contributed by atoms with Crippen molar-refractivity contribution in [2.24, 2.45) is 5.11 Å². The van der Waals surface area contributed by atoms with Crippen molar-refractivity contribution in [1.82, 2.24) is 0 Å². The minimum atomic E-state index is -2.22. The zero-order valence-electron chi connectivity index (χ0n) is 45.3. The third kappa shape index (κ3) is 14.0. The molecule has 0 aliphatic carbocycles. The highest BCUT2D eigenvalue weighted by molar-refractivity contribution is 5.92. The average Bonchev–Trinajstić information content (AvgIpc) is 2.22. The van der Waals surface area contributed by atoms with Crippen LogP contribution in [0.3, 0.4) is 0 Å². The number of benzene rings is 5. The van der Waals surface area contributed by atoms with Gasteiger partial charge in [-0.25, -0.2) is 33.6 Å². The number of rotatable bonds is 19. The first kappa shape index (κ1) is 59.5. The topological polar surface area (TPSA) is 315 Å². The molecule has 14 atom stereocenters. The predicted molar refractivity (Wildman–Crippen MR) is 282 cm³/mol. The van der Waals surface area contributed by atoms with E-state index < -0.39 is 146 Å². The number of hydrogen-bond donors (Lipinski definition) is 0. The van der Waals surface area contributed by atoms with Crippen LogP contribution >= 0.6 is 0 Å². The summed E-state index contributed by atoms with van der Waals surface area (Å²) in [5.74, 6) is -9.74. The lowest BCUT2D eigenvalue weighted by Crippen LogP contribution is -2.67. The maximum Gasteiger partial charge on any atom is 0.339 e. The molecule has 0 N–H and O–H groups in total. The molecule has 0 radical (unpaired) electrons. The highest BCUT2D eigenvalue weighted by atomic mass is 16.8. The Morgan fingerprint density at radius 1 is 0.571 bits per heavy atom. The van der Waals surface area contributed by atoms with Crippen molar-refractivity contribution in [2.45, 2.75) is 112 Å². The van der Waals surface area contributed by atoms with Crippen LogP contribution in [0.5, 0.6) is 0 Å². The molecule has 4 heterocycles. The standard InChI is InChI=1S/C59H55N3O22/c1-32(63)72-30-38-41(75-50(64)33-20-10-5-11-21-33)43(77-51(65)34-22-12-6-13-23-34)40(61-62-60)57(74-38)81-45-46(79-53(67)36-26-16-8-17-27-36)49(80-54(68)37-28-18-9-19-29-37)58(82-47(45)55(69)71-4)83-48-44(78-52(66)35-24-14-7-15-25-35)42(76-56(48)70)39-31-73-59(2,3)84-39/h5-29,38-49,57-58H,30-31H2,1-4H3/t38-,39-,40-,41-,42+,43-,44+,45+,46+,47+,48-,49-,57-,58-/m1/s1. The minimum Gasteiger partial charge on any atom is -0.467 e. The van der Waals surface area contributed by atoms with Gasteiger partial charge < -0.3 is 66.3 Å². The van der Waals surface area contributed by atoms with Crippen LogP contribution < -0.4 is 0 Å². The molecule has 9 rings (SSSR count). The molecular formula is C59H55N3O22. The van der Waals surface area contributed by atoms with Gasteiger partial charge >= 0.3 is 47.8 Å². The van der Waals surface area contributed by atoms with Crippen LogP contribution in [0.15, 0.2) is 157 Å². The van der Waals surface area contributed by atoms with Crippen molar-refractivity contribution in [2.75, 3.05) is 20.3 Å². The Balaban J connectivity index is 1.16. The number of azide groups is 1. The number of nitrogens with zero attached hydrogens (tertiary/aromatic N) is 3. The fourth-order valence-electron chi connectivity index (χ4n) is 9.56. The van der Waals surface area contributed by atoms with E-state index in [0.29, 0.717) is 0 Å². The van der Waals surface area contributed by atoms with Crippen LogP contribution in [0.2, 0.25) is 0 Å². The molecule has 0 aromatic heterocycles. The molecule has 438 valence electrons. The second kappa shape index (κ2) is 26.9. The van der Waals surface area contributed by atoms with Gasteiger partial charge in [0.15, 0.2) is 60.9 Å². The zero-order valence-corrected chi connectivity index (χ0v) is 45.3.